The smallest absolute Gasteiger partial charge is 0.338 e. The third-order valence-corrected chi connectivity index (χ3v) is 5.19. The van der Waals surface area contributed by atoms with Crippen LogP contribution in [0.4, 0.5) is 5.69 Å². The first-order chi connectivity index (χ1) is 14.3. The van der Waals surface area contributed by atoms with Gasteiger partial charge in [-0.1, -0.05) is 41.6 Å². The van der Waals surface area contributed by atoms with Crippen LogP contribution in [0.15, 0.2) is 53.7 Å². The van der Waals surface area contributed by atoms with Gasteiger partial charge in [0.2, 0.25) is 5.91 Å². The van der Waals surface area contributed by atoms with Crippen molar-refractivity contribution in [2.75, 3.05) is 11.1 Å². The van der Waals surface area contributed by atoms with Crippen molar-refractivity contribution < 1.29 is 14.3 Å². The van der Waals surface area contributed by atoms with Crippen molar-refractivity contribution in [3.8, 4) is 11.4 Å². The summed E-state index contributed by atoms with van der Waals surface area (Å²) in [5, 5.41) is 11.9. The van der Waals surface area contributed by atoms with Gasteiger partial charge in [0.25, 0.3) is 0 Å². The second-order valence-corrected chi connectivity index (χ2v) is 8.05. The van der Waals surface area contributed by atoms with E-state index in [0.29, 0.717) is 16.4 Å². The van der Waals surface area contributed by atoms with Crippen molar-refractivity contribution in [3.63, 3.8) is 0 Å². The molecule has 30 heavy (non-hydrogen) atoms. The number of esters is 1. The largest absolute Gasteiger partial charge is 0.459 e. The summed E-state index contributed by atoms with van der Waals surface area (Å²) in [6, 6.07) is 14.7. The van der Waals surface area contributed by atoms with Crippen LogP contribution in [0.3, 0.4) is 0 Å². The highest BCUT2D eigenvalue weighted by Gasteiger charge is 2.14. The summed E-state index contributed by atoms with van der Waals surface area (Å²) in [6.07, 6.45) is -0.205. The molecule has 1 heterocycles. The molecular formula is C22H24N4O3S. The SMILES string of the molecule is Cc1cccc(-c2nnc(SCC(=O)Nc3cccc(C(=O)OC(C)C)c3)n2C)c1. The van der Waals surface area contributed by atoms with E-state index in [-0.39, 0.29) is 17.8 Å². The quantitative estimate of drug-likeness (QED) is 0.454. The van der Waals surface area contributed by atoms with E-state index in [1.165, 1.54) is 11.8 Å². The van der Waals surface area contributed by atoms with Crippen LogP contribution < -0.4 is 5.32 Å². The summed E-state index contributed by atoms with van der Waals surface area (Å²) in [4.78, 5) is 24.4. The Hall–Kier alpha value is -3.13. The van der Waals surface area contributed by atoms with Gasteiger partial charge in [0, 0.05) is 18.3 Å². The lowest BCUT2D eigenvalue weighted by molar-refractivity contribution is -0.113. The van der Waals surface area contributed by atoms with Gasteiger partial charge in [-0.3, -0.25) is 4.79 Å². The monoisotopic (exact) mass is 424 g/mol. The maximum Gasteiger partial charge on any atom is 0.338 e. The van der Waals surface area contributed by atoms with Gasteiger partial charge in [-0.05, 0) is 45.0 Å². The van der Waals surface area contributed by atoms with E-state index in [9.17, 15) is 9.59 Å². The minimum absolute atomic E-state index is 0.167. The molecule has 0 aliphatic carbocycles. The van der Waals surface area contributed by atoms with Crippen molar-refractivity contribution in [2.24, 2.45) is 7.05 Å². The molecule has 0 radical (unpaired) electrons. The molecule has 3 aromatic rings. The van der Waals surface area contributed by atoms with Gasteiger partial charge >= 0.3 is 5.97 Å². The predicted molar refractivity (Wildman–Crippen MR) is 118 cm³/mol. The molecule has 0 saturated carbocycles. The highest BCUT2D eigenvalue weighted by Crippen LogP contribution is 2.23. The molecule has 7 nitrogen and oxygen atoms in total. The van der Waals surface area contributed by atoms with E-state index in [1.807, 2.05) is 42.8 Å². The predicted octanol–water partition coefficient (Wildman–Crippen LogP) is 4.09. The van der Waals surface area contributed by atoms with Crippen LogP contribution >= 0.6 is 11.8 Å². The number of hydrogen-bond acceptors (Lipinski definition) is 6. The number of ether oxygens (including phenoxy) is 1. The maximum absolute atomic E-state index is 12.4. The molecule has 1 amide bonds. The number of aryl methyl sites for hydroxylation is 1. The molecule has 3 rings (SSSR count). The average Bonchev–Trinajstić information content (AvgIpc) is 3.06. The van der Waals surface area contributed by atoms with Gasteiger partial charge in [-0.2, -0.15) is 0 Å². The molecule has 8 heteroatoms. The average molecular weight is 425 g/mol. The van der Waals surface area contributed by atoms with Crippen LogP contribution in [0.25, 0.3) is 11.4 Å². The molecular weight excluding hydrogens is 400 g/mol. The Kier molecular flexibility index (Phi) is 6.89. The van der Waals surface area contributed by atoms with Crippen molar-refractivity contribution in [3.05, 3.63) is 59.7 Å². The van der Waals surface area contributed by atoms with Gasteiger partial charge in [-0.25, -0.2) is 4.79 Å². The number of carbonyl (C=O) groups excluding carboxylic acids is 2. The zero-order valence-corrected chi connectivity index (χ0v) is 18.2. The molecule has 2 aromatic carbocycles. The molecule has 0 aliphatic rings. The highest BCUT2D eigenvalue weighted by molar-refractivity contribution is 7.99. The number of benzene rings is 2. The fourth-order valence-corrected chi connectivity index (χ4v) is 3.52. The van der Waals surface area contributed by atoms with Gasteiger partial charge in [0.05, 0.1) is 17.4 Å². The van der Waals surface area contributed by atoms with E-state index in [0.717, 1.165) is 17.0 Å². The van der Waals surface area contributed by atoms with E-state index in [4.69, 9.17) is 4.74 Å². The third kappa shape index (κ3) is 5.48. The minimum atomic E-state index is -0.418. The number of thioether (sulfide) groups is 1. The minimum Gasteiger partial charge on any atom is -0.459 e. The molecule has 0 aliphatic heterocycles. The van der Waals surface area contributed by atoms with E-state index in [1.54, 1.807) is 38.1 Å². The topological polar surface area (TPSA) is 86.1 Å². The summed E-state index contributed by atoms with van der Waals surface area (Å²) >= 11 is 1.30. The summed E-state index contributed by atoms with van der Waals surface area (Å²) in [6.45, 7) is 5.60. The van der Waals surface area contributed by atoms with Gasteiger partial charge < -0.3 is 14.6 Å². The summed E-state index contributed by atoms with van der Waals surface area (Å²) in [5.74, 6) is 0.297. The van der Waals surface area contributed by atoms with E-state index < -0.39 is 5.97 Å². The van der Waals surface area contributed by atoms with E-state index >= 15 is 0 Å². The van der Waals surface area contributed by atoms with Gasteiger partial charge in [0.1, 0.15) is 0 Å². The molecule has 1 N–H and O–H groups in total. The molecule has 0 spiro atoms. The normalized spacial score (nSPS) is 10.8. The maximum atomic E-state index is 12.4. The Labute approximate surface area is 179 Å². The second-order valence-electron chi connectivity index (χ2n) is 7.11. The first-order valence-corrected chi connectivity index (χ1v) is 10.5. The molecule has 0 bridgehead atoms. The zero-order valence-electron chi connectivity index (χ0n) is 17.4. The lowest BCUT2D eigenvalue weighted by Gasteiger charge is -2.10. The van der Waals surface area contributed by atoms with Crippen LogP contribution in [0.2, 0.25) is 0 Å². The summed E-state index contributed by atoms with van der Waals surface area (Å²) in [5.41, 5.74) is 3.05. The molecule has 0 unspecified atom stereocenters. The molecule has 1 aromatic heterocycles. The first-order valence-electron chi connectivity index (χ1n) is 9.53. The van der Waals surface area contributed by atoms with Crippen LogP contribution in [0.5, 0.6) is 0 Å². The van der Waals surface area contributed by atoms with Crippen molar-refractivity contribution in [1.29, 1.82) is 0 Å². The number of aromatic nitrogens is 3. The van der Waals surface area contributed by atoms with Crippen LogP contribution in [0, 0.1) is 6.92 Å². The summed E-state index contributed by atoms with van der Waals surface area (Å²) < 4.78 is 7.06. The summed E-state index contributed by atoms with van der Waals surface area (Å²) in [7, 11) is 1.88. The van der Waals surface area contributed by atoms with Crippen molar-refractivity contribution >= 4 is 29.3 Å². The number of nitrogens with zero attached hydrogens (tertiary/aromatic N) is 3. The van der Waals surface area contributed by atoms with Gasteiger partial charge in [0.15, 0.2) is 11.0 Å². The van der Waals surface area contributed by atoms with Crippen molar-refractivity contribution in [1.82, 2.24) is 14.8 Å². The molecule has 156 valence electrons. The number of carbonyl (C=O) groups is 2. The fourth-order valence-electron chi connectivity index (χ4n) is 2.81. The Morgan fingerprint density at radius 1 is 1.13 bits per heavy atom. The van der Waals surface area contributed by atoms with Crippen LogP contribution in [-0.2, 0) is 16.6 Å². The number of hydrogen-bond donors (Lipinski definition) is 1. The standard InChI is InChI=1S/C22H24N4O3S/c1-14(2)29-21(28)17-9-6-10-18(12-17)23-19(27)13-30-22-25-24-20(26(22)4)16-8-5-7-15(3)11-16/h5-12,14H,13H2,1-4H3,(H,23,27). The lowest BCUT2D eigenvalue weighted by Crippen LogP contribution is -2.16. The fraction of sp³-hybridized carbons (Fsp3) is 0.273. The third-order valence-electron chi connectivity index (χ3n) is 4.17. The number of nitrogens with one attached hydrogen (secondary N) is 1. The highest BCUT2D eigenvalue weighted by atomic mass is 32.2. The number of rotatable bonds is 7. The Balaban J connectivity index is 1.61. The Morgan fingerprint density at radius 2 is 1.90 bits per heavy atom. The zero-order chi connectivity index (χ0) is 21.7. The Bertz CT molecular complexity index is 1060. The Morgan fingerprint density at radius 3 is 2.63 bits per heavy atom. The molecule has 0 atom stereocenters. The van der Waals surface area contributed by atoms with Gasteiger partial charge in [-0.15, -0.1) is 10.2 Å². The van der Waals surface area contributed by atoms with E-state index in [2.05, 4.69) is 15.5 Å². The van der Waals surface area contributed by atoms with Crippen LogP contribution in [-0.4, -0.2) is 38.5 Å². The van der Waals surface area contributed by atoms with Crippen molar-refractivity contribution in [2.45, 2.75) is 32.0 Å². The van der Waals surface area contributed by atoms with Crippen LogP contribution in [0.1, 0.15) is 29.8 Å². The first kappa shape index (κ1) is 21.6. The molecule has 0 saturated heterocycles. The lowest BCUT2D eigenvalue weighted by atomic mass is 10.1. The number of amides is 1. The number of anilines is 1. The molecule has 0 fully saturated rings. The second kappa shape index (κ2) is 9.58.